The number of benzene rings is 2. The molecular formula is C27H28N2O8. The standard InChI is InChI=1S/C20H22N2O6.C7H6O2/c1-11(23)27-9-17-21-15-7-12-5-6-16(24)13(12)8-14(15)18(25)22(17)10-28-19(26)20(2,3)4;8-7(9)6-4-2-1-3-5-6/h7-8H,5-6,9-10H2,1-4H3;1-5H,(H,8,9). The number of aromatic nitrogens is 2. The fraction of sp³-hybridized carbons (Fsp3) is 0.333. The lowest BCUT2D eigenvalue weighted by molar-refractivity contribution is -0.157. The van der Waals surface area contributed by atoms with E-state index in [-0.39, 0.29) is 30.3 Å². The number of esters is 2. The van der Waals surface area contributed by atoms with Crippen LogP contribution in [0.25, 0.3) is 10.9 Å². The first-order valence-corrected chi connectivity index (χ1v) is 11.6. The van der Waals surface area contributed by atoms with E-state index in [1.54, 1.807) is 63.2 Å². The van der Waals surface area contributed by atoms with Crippen molar-refractivity contribution in [3.63, 3.8) is 0 Å². The SMILES string of the molecule is CC(=O)OCc1nc2cc3c(cc2c(=O)n1COC(=O)C(C)(C)C)C(=O)CC3.O=C(O)c1ccccc1. The highest BCUT2D eigenvalue weighted by molar-refractivity contribution is 6.03. The molecule has 2 aromatic carbocycles. The number of Topliss-reactive ketones (excluding diaryl/α,β-unsaturated/α-hetero) is 1. The molecule has 37 heavy (non-hydrogen) atoms. The molecule has 4 rings (SSSR count). The van der Waals surface area contributed by atoms with Crippen LogP contribution in [0.1, 0.15) is 66.2 Å². The van der Waals surface area contributed by atoms with Gasteiger partial charge in [-0.25, -0.2) is 9.78 Å². The van der Waals surface area contributed by atoms with Crippen LogP contribution >= 0.6 is 0 Å². The number of fused-ring (bicyclic) bond motifs is 2. The number of ether oxygens (including phenoxy) is 2. The molecule has 10 nitrogen and oxygen atoms in total. The third kappa shape index (κ3) is 6.66. The molecule has 0 radical (unpaired) electrons. The van der Waals surface area contributed by atoms with Crippen LogP contribution in [-0.2, 0) is 38.8 Å². The number of nitrogens with zero attached hydrogens (tertiary/aromatic N) is 2. The monoisotopic (exact) mass is 508 g/mol. The Morgan fingerprint density at radius 1 is 1.03 bits per heavy atom. The van der Waals surface area contributed by atoms with Gasteiger partial charge < -0.3 is 14.6 Å². The van der Waals surface area contributed by atoms with Crippen LogP contribution in [-0.4, -0.2) is 38.3 Å². The van der Waals surface area contributed by atoms with Crippen LogP contribution < -0.4 is 5.56 Å². The number of aryl methyl sites for hydroxylation is 1. The first-order valence-electron chi connectivity index (χ1n) is 11.6. The lowest BCUT2D eigenvalue weighted by Gasteiger charge is -2.19. The average molecular weight is 509 g/mol. The summed E-state index contributed by atoms with van der Waals surface area (Å²) >= 11 is 0. The van der Waals surface area contributed by atoms with Gasteiger partial charge in [-0.3, -0.25) is 23.7 Å². The average Bonchev–Trinajstić information content (AvgIpc) is 3.20. The fourth-order valence-electron chi connectivity index (χ4n) is 3.54. The molecule has 0 atom stereocenters. The summed E-state index contributed by atoms with van der Waals surface area (Å²) in [5.41, 5.74) is 0.918. The molecule has 1 heterocycles. The van der Waals surface area contributed by atoms with E-state index < -0.39 is 28.9 Å². The maximum atomic E-state index is 13.0. The van der Waals surface area contributed by atoms with Gasteiger partial charge in [0.25, 0.3) is 5.56 Å². The summed E-state index contributed by atoms with van der Waals surface area (Å²) in [5.74, 6) is -1.73. The number of rotatable bonds is 5. The maximum Gasteiger partial charge on any atom is 0.335 e. The number of carbonyl (C=O) groups is 4. The van der Waals surface area contributed by atoms with Gasteiger partial charge in [0.1, 0.15) is 6.61 Å². The van der Waals surface area contributed by atoms with Crippen molar-refractivity contribution in [1.29, 1.82) is 0 Å². The predicted molar refractivity (Wildman–Crippen MR) is 133 cm³/mol. The van der Waals surface area contributed by atoms with Crippen molar-refractivity contribution in [2.75, 3.05) is 0 Å². The molecule has 0 saturated heterocycles. The van der Waals surface area contributed by atoms with Crippen LogP contribution in [0.3, 0.4) is 0 Å². The summed E-state index contributed by atoms with van der Waals surface area (Å²) in [6.07, 6.45) is 1.01. The van der Waals surface area contributed by atoms with E-state index in [9.17, 15) is 24.0 Å². The third-order valence-corrected chi connectivity index (χ3v) is 5.54. The lowest BCUT2D eigenvalue weighted by Crippen LogP contribution is -2.31. The van der Waals surface area contributed by atoms with Gasteiger partial charge in [0.05, 0.1) is 21.9 Å². The van der Waals surface area contributed by atoms with Gasteiger partial charge in [0.2, 0.25) is 0 Å². The topological polar surface area (TPSA) is 142 Å². The van der Waals surface area contributed by atoms with Crippen LogP contribution in [0.15, 0.2) is 47.3 Å². The van der Waals surface area contributed by atoms with Crippen molar-refractivity contribution >= 4 is 34.6 Å². The smallest absolute Gasteiger partial charge is 0.335 e. The Morgan fingerprint density at radius 2 is 1.70 bits per heavy atom. The molecule has 1 aliphatic carbocycles. The Morgan fingerprint density at radius 3 is 2.27 bits per heavy atom. The summed E-state index contributed by atoms with van der Waals surface area (Å²) in [4.78, 5) is 63.0. The molecule has 0 aliphatic heterocycles. The van der Waals surface area contributed by atoms with E-state index in [0.29, 0.717) is 29.5 Å². The minimum absolute atomic E-state index is 0.00833. The molecule has 10 heteroatoms. The lowest BCUT2D eigenvalue weighted by atomic mass is 9.98. The molecule has 3 aromatic rings. The Kier molecular flexibility index (Phi) is 8.21. The van der Waals surface area contributed by atoms with Gasteiger partial charge >= 0.3 is 17.9 Å². The molecule has 1 N–H and O–H groups in total. The molecule has 194 valence electrons. The van der Waals surface area contributed by atoms with Crippen LogP contribution in [0, 0.1) is 5.41 Å². The highest BCUT2D eigenvalue weighted by Gasteiger charge is 2.25. The van der Waals surface area contributed by atoms with Crippen molar-refractivity contribution in [2.24, 2.45) is 5.41 Å². The zero-order valence-corrected chi connectivity index (χ0v) is 21.1. The number of hydrogen-bond acceptors (Lipinski definition) is 8. The molecule has 0 unspecified atom stereocenters. The van der Waals surface area contributed by atoms with Crippen LogP contribution in [0.5, 0.6) is 0 Å². The summed E-state index contributed by atoms with van der Waals surface area (Å²) in [6.45, 7) is 5.76. The number of carboxylic acids is 1. The van der Waals surface area contributed by atoms with E-state index in [0.717, 1.165) is 10.1 Å². The molecule has 1 aromatic heterocycles. The molecule has 0 amide bonds. The van der Waals surface area contributed by atoms with Crippen LogP contribution in [0.4, 0.5) is 0 Å². The Hall–Kier alpha value is -4.34. The first kappa shape index (κ1) is 27.3. The normalized spacial score (nSPS) is 12.4. The Labute approximate surface area is 212 Å². The predicted octanol–water partition coefficient (Wildman–Crippen LogP) is 3.52. The van der Waals surface area contributed by atoms with Gasteiger partial charge in [-0.05, 0) is 57.0 Å². The molecule has 0 bridgehead atoms. The minimum Gasteiger partial charge on any atom is -0.478 e. The molecule has 0 saturated carbocycles. The number of hydrogen-bond donors (Lipinski definition) is 1. The zero-order valence-electron chi connectivity index (χ0n) is 21.1. The van der Waals surface area contributed by atoms with Crippen molar-refractivity contribution < 1.29 is 33.8 Å². The molecule has 0 spiro atoms. The largest absolute Gasteiger partial charge is 0.478 e. The maximum absolute atomic E-state index is 13.0. The number of ketones is 1. The molecule has 0 fully saturated rings. The van der Waals surface area contributed by atoms with E-state index in [1.165, 1.54) is 6.92 Å². The van der Waals surface area contributed by atoms with E-state index >= 15 is 0 Å². The Balaban J connectivity index is 0.000000356. The zero-order chi connectivity index (χ0) is 27.3. The first-order chi connectivity index (χ1) is 17.4. The summed E-state index contributed by atoms with van der Waals surface area (Å²) < 4.78 is 11.4. The van der Waals surface area contributed by atoms with E-state index in [4.69, 9.17) is 14.6 Å². The van der Waals surface area contributed by atoms with E-state index in [2.05, 4.69) is 4.98 Å². The number of carboxylic acid groups (broad SMARTS) is 1. The van der Waals surface area contributed by atoms with Crippen molar-refractivity contribution in [2.45, 2.75) is 53.9 Å². The number of carbonyl (C=O) groups excluding carboxylic acids is 3. The van der Waals surface area contributed by atoms with Gasteiger partial charge in [-0.2, -0.15) is 0 Å². The van der Waals surface area contributed by atoms with Crippen molar-refractivity contribution in [3.05, 3.63) is 75.3 Å². The second-order valence-electron chi connectivity index (χ2n) is 9.47. The number of aromatic carboxylic acids is 1. The fourth-order valence-corrected chi connectivity index (χ4v) is 3.54. The van der Waals surface area contributed by atoms with Crippen molar-refractivity contribution in [1.82, 2.24) is 9.55 Å². The van der Waals surface area contributed by atoms with Gasteiger partial charge in [-0.15, -0.1) is 0 Å². The summed E-state index contributed by atoms with van der Waals surface area (Å²) in [6, 6.07) is 11.6. The van der Waals surface area contributed by atoms with Gasteiger partial charge in [0.15, 0.2) is 18.3 Å². The minimum atomic E-state index is -0.879. The van der Waals surface area contributed by atoms with E-state index in [1.807, 2.05) is 0 Å². The van der Waals surface area contributed by atoms with Gasteiger partial charge in [-0.1, -0.05) is 18.2 Å². The molecule has 1 aliphatic rings. The Bertz CT molecular complexity index is 1420. The summed E-state index contributed by atoms with van der Waals surface area (Å²) in [5, 5.41) is 8.64. The van der Waals surface area contributed by atoms with Gasteiger partial charge in [0, 0.05) is 18.9 Å². The highest BCUT2D eigenvalue weighted by atomic mass is 16.5. The highest BCUT2D eigenvalue weighted by Crippen LogP contribution is 2.25. The second-order valence-corrected chi connectivity index (χ2v) is 9.47. The third-order valence-electron chi connectivity index (χ3n) is 5.54. The van der Waals surface area contributed by atoms with Crippen LogP contribution in [0.2, 0.25) is 0 Å². The second kappa shape index (κ2) is 11.2. The quantitative estimate of drug-likeness (QED) is 0.512. The van der Waals surface area contributed by atoms with Crippen molar-refractivity contribution in [3.8, 4) is 0 Å². The summed E-state index contributed by atoms with van der Waals surface area (Å²) in [7, 11) is 0. The molecular weight excluding hydrogens is 480 g/mol.